The van der Waals surface area contributed by atoms with Crippen LogP contribution in [0.5, 0.6) is 0 Å². The van der Waals surface area contributed by atoms with Crippen molar-refractivity contribution in [1.82, 2.24) is 10.2 Å². The largest absolute Gasteiger partial charge is 0.391 e. The molecular weight excluding hydrogens is 136 g/mol. The second kappa shape index (κ2) is 6.23. The highest BCUT2D eigenvalue weighted by atomic mass is 15.1. The van der Waals surface area contributed by atoms with Gasteiger partial charge in [0, 0.05) is 13.1 Å². The number of nitrogens with zero attached hydrogens (tertiary/aromatic N) is 1. The molecule has 0 radical (unpaired) electrons. The standard InChI is InChI=1S/C9H20N2/c1-5-9(7-10-6-2)8-11(3)4/h7,10H,5-6,8H2,1-4H3/b9-7+. The smallest absolute Gasteiger partial charge is 0.0203 e. The molecule has 0 aromatic rings. The summed E-state index contributed by atoms with van der Waals surface area (Å²) in [4.78, 5) is 2.19. The molecule has 0 aromatic heterocycles. The molecule has 2 nitrogen and oxygen atoms in total. The predicted octanol–water partition coefficient (Wildman–Crippen LogP) is 1.45. The van der Waals surface area contributed by atoms with E-state index in [0.29, 0.717) is 0 Å². The molecule has 0 bridgehead atoms. The Balaban J connectivity index is 3.73. The molecule has 0 saturated carbocycles. The Bertz CT molecular complexity index is 117. The third-order valence-electron chi connectivity index (χ3n) is 1.48. The van der Waals surface area contributed by atoms with Gasteiger partial charge in [-0.3, -0.25) is 0 Å². The molecule has 2 heteroatoms. The molecule has 0 aromatic carbocycles. The maximum Gasteiger partial charge on any atom is 0.0203 e. The van der Waals surface area contributed by atoms with Crippen LogP contribution in [0.1, 0.15) is 20.3 Å². The van der Waals surface area contributed by atoms with Crippen LogP contribution < -0.4 is 5.32 Å². The number of hydrogen-bond donors (Lipinski definition) is 1. The molecule has 0 atom stereocenters. The highest BCUT2D eigenvalue weighted by Gasteiger charge is 1.94. The SMILES string of the molecule is CCN/C=C(\CC)CN(C)C. The van der Waals surface area contributed by atoms with E-state index in [9.17, 15) is 0 Å². The maximum absolute atomic E-state index is 3.22. The lowest BCUT2D eigenvalue weighted by Crippen LogP contribution is -2.17. The molecule has 1 N–H and O–H groups in total. The number of rotatable bonds is 5. The molecule has 0 rings (SSSR count). The van der Waals surface area contributed by atoms with Crippen molar-refractivity contribution in [2.24, 2.45) is 0 Å². The van der Waals surface area contributed by atoms with Gasteiger partial charge in [-0.05, 0) is 39.2 Å². The van der Waals surface area contributed by atoms with Crippen molar-refractivity contribution in [1.29, 1.82) is 0 Å². The van der Waals surface area contributed by atoms with E-state index in [1.165, 1.54) is 5.57 Å². The first-order chi connectivity index (χ1) is 5.20. The molecule has 66 valence electrons. The van der Waals surface area contributed by atoms with Crippen LogP contribution in [0.15, 0.2) is 11.8 Å². The van der Waals surface area contributed by atoms with Crippen molar-refractivity contribution >= 4 is 0 Å². The van der Waals surface area contributed by atoms with E-state index in [0.717, 1.165) is 19.5 Å². The fourth-order valence-corrected chi connectivity index (χ4v) is 0.912. The van der Waals surface area contributed by atoms with Gasteiger partial charge in [0.2, 0.25) is 0 Å². The molecule has 0 aliphatic heterocycles. The molecule has 0 amide bonds. The summed E-state index contributed by atoms with van der Waals surface area (Å²) in [5, 5.41) is 3.22. The van der Waals surface area contributed by atoms with Gasteiger partial charge in [0.25, 0.3) is 0 Å². The first-order valence-electron chi connectivity index (χ1n) is 4.26. The van der Waals surface area contributed by atoms with Gasteiger partial charge < -0.3 is 10.2 Å². The van der Waals surface area contributed by atoms with Crippen LogP contribution in [0, 0.1) is 0 Å². The van der Waals surface area contributed by atoms with E-state index in [-0.39, 0.29) is 0 Å². The average Bonchev–Trinajstić information content (AvgIpc) is 1.97. The summed E-state index contributed by atoms with van der Waals surface area (Å²) in [5.74, 6) is 0. The quantitative estimate of drug-likeness (QED) is 0.648. The van der Waals surface area contributed by atoms with E-state index in [1.807, 2.05) is 0 Å². The van der Waals surface area contributed by atoms with Gasteiger partial charge in [-0.15, -0.1) is 0 Å². The monoisotopic (exact) mass is 156 g/mol. The molecule has 0 spiro atoms. The van der Waals surface area contributed by atoms with Crippen molar-refractivity contribution in [3.63, 3.8) is 0 Å². The first kappa shape index (κ1) is 10.5. The summed E-state index contributed by atoms with van der Waals surface area (Å²) in [6.07, 6.45) is 3.26. The van der Waals surface area contributed by atoms with E-state index in [1.54, 1.807) is 0 Å². The van der Waals surface area contributed by atoms with Crippen LogP contribution >= 0.6 is 0 Å². The van der Waals surface area contributed by atoms with Crippen molar-refractivity contribution in [3.05, 3.63) is 11.8 Å². The highest BCUT2D eigenvalue weighted by Crippen LogP contribution is 1.99. The molecule has 0 aliphatic carbocycles. The lowest BCUT2D eigenvalue weighted by atomic mass is 10.2. The molecular formula is C9H20N2. The predicted molar refractivity (Wildman–Crippen MR) is 50.6 cm³/mol. The second-order valence-electron chi connectivity index (χ2n) is 2.95. The molecule has 0 unspecified atom stereocenters. The Kier molecular flexibility index (Phi) is 5.94. The number of hydrogen-bond acceptors (Lipinski definition) is 2. The molecule has 0 heterocycles. The normalized spacial score (nSPS) is 12.3. The van der Waals surface area contributed by atoms with Gasteiger partial charge in [0.1, 0.15) is 0 Å². The molecule has 0 fully saturated rings. The van der Waals surface area contributed by atoms with Gasteiger partial charge in [-0.2, -0.15) is 0 Å². The highest BCUT2D eigenvalue weighted by molar-refractivity contribution is 5.01. The Hall–Kier alpha value is -0.500. The summed E-state index contributed by atoms with van der Waals surface area (Å²) in [5.41, 5.74) is 1.46. The Morgan fingerprint density at radius 2 is 2.00 bits per heavy atom. The van der Waals surface area contributed by atoms with Crippen LogP contribution in [0.25, 0.3) is 0 Å². The van der Waals surface area contributed by atoms with Crippen LogP contribution in [0.4, 0.5) is 0 Å². The van der Waals surface area contributed by atoms with Crippen molar-refractivity contribution in [3.8, 4) is 0 Å². The van der Waals surface area contributed by atoms with Crippen molar-refractivity contribution < 1.29 is 0 Å². The number of nitrogens with one attached hydrogen (secondary N) is 1. The topological polar surface area (TPSA) is 15.3 Å². The minimum Gasteiger partial charge on any atom is -0.391 e. The third-order valence-corrected chi connectivity index (χ3v) is 1.48. The third kappa shape index (κ3) is 5.92. The maximum atomic E-state index is 3.22. The van der Waals surface area contributed by atoms with Crippen LogP contribution in [0.2, 0.25) is 0 Å². The summed E-state index contributed by atoms with van der Waals surface area (Å²) in [7, 11) is 4.19. The van der Waals surface area contributed by atoms with Gasteiger partial charge in [0.05, 0.1) is 0 Å². The van der Waals surface area contributed by atoms with Gasteiger partial charge in [0.15, 0.2) is 0 Å². The van der Waals surface area contributed by atoms with Crippen LogP contribution in [-0.2, 0) is 0 Å². The Labute approximate surface area is 70.3 Å². The number of likely N-dealkylation sites (N-methyl/N-ethyl adjacent to an activating group) is 1. The van der Waals surface area contributed by atoms with Crippen LogP contribution in [0.3, 0.4) is 0 Å². The average molecular weight is 156 g/mol. The van der Waals surface area contributed by atoms with Gasteiger partial charge >= 0.3 is 0 Å². The zero-order valence-corrected chi connectivity index (χ0v) is 8.15. The Morgan fingerprint density at radius 1 is 1.36 bits per heavy atom. The van der Waals surface area contributed by atoms with Gasteiger partial charge in [-0.1, -0.05) is 6.92 Å². The second-order valence-corrected chi connectivity index (χ2v) is 2.95. The summed E-state index contributed by atoms with van der Waals surface area (Å²) >= 11 is 0. The minimum absolute atomic E-state index is 1.01. The zero-order chi connectivity index (χ0) is 8.69. The lowest BCUT2D eigenvalue weighted by Gasteiger charge is -2.11. The van der Waals surface area contributed by atoms with Crippen molar-refractivity contribution in [2.75, 3.05) is 27.2 Å². The summed E-state index contributed by atoms with van der Waals surface area (Å²) in [6, 6.07) is 0. The fraction of sp³-hybridized carbons (Fsp3) is 0.778. The fourth-order valence-electron chi connectivity index (χ4n) is 0.912. The Morgan fingerprint density at radius 3 is 2.36 bits per heavy atom. The van der Waals surface area contributed by atoms with E-state index in [2.05, 4.69) is 44.4 Å². The van der Waals surface area contributed by atoms with E-state index in [4.69, 9.17) is 0 Å². The van der Waals surface area contributed by atoms with Crippen LogP contribution in [-0.4, -0.2) is 32.1 Å². The summed E-state index contributed by atoms with van der Waals surface area (Å²) < 4.78 is 0. The van der Waals surface area contributed by atoms with E-state index >= 15 is 0 Å². The van der Waals surface area contributed by atoms with Crippen molar-refractivity contribution in [2.45, 2.75) is 20.3 Å². The van der Waals surface area contributed by atoms with E-state index < -0.39 is 0 Å². The van der Waals surface area contributed by atoms with Gasteiger partial charge in [-0.25, -0.2) is 0 Å². The summed E-state index contributed by atoms with van der Waals surface area (Å²) in [6.45, 7) is 6.37. The first-order valence-corrected chi connectivity index (χ1v) is 4.26. The minimum atomic E-state index is 1.01. The molecule has 0 saturated heterocycles. The molecule has 11 heavy (non-hydrogen) atoms. The lowest BCUT2D eigenvalue weighted by molar-refractivity contribution is 0.439. The molecule has 0 aliphatic rings. The zero-order valence-electron chi connectivity index (χ0n) is 8.15.